The van der Waals surface area contributed by atoms with E-state index in [-0.39, 0.29) is 17.5 Å². The van der Waals surface area contributed by atoms with Crippen LogP contribution in [0.1, 0.15) is 0 Å². The summed E-state index contributed by atoms with van der Waals surface area (Å²) in [5.74, 6) is -1.61. The molecule has 21 heavy (non-hydrogen) atoms. The Hall–Kier alpha value is -3.29. The average molecular weight is 287 g/mol. The van der Waals surface area contributed by atoms with Crippen molar-refractivity contribution in [2.24, 2.45) is 0 Å². The third kappa shape index (κ3) is 4.71. The van der Waals surface area contributed by atoms with Crippen LogP contribution in [0.2, 0.25) is 0 Å². The minimum absolute atomic E-state index is 0.00413. The van der Waals surface area contributed by atoms with E-state index in [0.29, 0.717) is 0 Å². The molecule has 1 aromatic heterocycles. The summed E-state index contributed by atoms with van der Waals surface area (Å²) >= 11 is 0. The van der Waals surface area contributed by atoms with Crippen LogP contribution in [0.3, 0.4) is 0 Å². The van der Waals surface area contributed by atoms with Crippen LogP contribution in [0.5, 0.6) is 0 Å². The Balaban J connectivity index is 3.11. The van der Waals surface area contributed by atoms with E-state index in [9.17, 15) is 14.4 Å². The number of nitrogens with zero attached hydrogens (tertiary/aromatic N) is 2. The fraction of sp³-hybridized carbons (Fsp3) is 0. The van der Waals surface area contributed by atoms with Crippen molar-refractivity contribution in [3.63, 3.8) is 0 Å². The molecule has 0 aromatic carbocycles. The summed E-state index contributed by atoms with van der Waals surface area (Å²) in [6.45, 7) is 9.90. The number of rotatable bonds is 6. The first kappa shape index (κ1) is 15.8. The summed E-state index contributed by atoms with van der Waals surface area (Å²) in [5, 5.41) is 7.14. The lowest BCUT2D eigenvalue weighted by Crippen LogP contribution is -2.17. The number of hydrogen-bond donors (Lipinski definition) is 3. The van der Waals surface area contributed by atoms with Crippen LogP contribution >= 0.6 is 0 Å². The molecule has 8 nitrogen and oxygen atoms in total. The van der Waals surface area contributed by atoms with Gasteiger partial charge in [-0.25, -0.2) is 4.98 Å². The molecule has 8 heteroatoms. The molecule has 0 fully saturated rings. The molecule has 0 atom stereocenters. The maximum absolute atomic E-state index is 11.4. The summed E-state index contributed by atoms with van der Waals surface area (Å²) in [6, 6.07) is 0. The van der Waals surface area contributed by atoms with Gasteiger partial charge in [-0.3, -0.25) is 19.7 Å². The van der Waals surface area contributed by atoms with Gasteiger partial charge in [0.05, 0.1) is 6.20 Å². The van der Waals surface area contributed by atoms with Crippen molar-refractivity contribution in [2.75, 3.05) is 16.0 Å². The molecule has 0 spiro atoms. The van der Waals surface area contributed by atoms with Gasteiger partial charge in [0.2, 0.25) is 23.7 Å². The molecule has 108 valence electrons. The summed E-state index contributed by atoms with van der Waals surface area (Å²) in [5.41, 5.74) is 0.145. The van der Waals surface area contributed by atoms with Crippen LogP contribution in [0.15, 0.2) is 44.2 Å². The highest BCUT2D eigenvalue weighted by Gasteiger charge is 2.11. The second kappa shape index (κ2) is 7.34. The van der Waals surface area contributed by atoms with Gasteiger partial charge in [0.1, 0.15) is 5.69 Å². The van der Waals surface area contributed by atoms with Gasteiger partial charge in [0, 0.05) is 0 Å². The van der Waals surface area contributed by atoms with Crippen molar-refractivity contribution in [2.45, 2.75) is 0 Å². The molecule has 1 rings (SSSR count). The highest BCUT2D eigenvalue weighted by molar-refractivity contribution is 6.05. The van der Waals surface area contributed by atoms with Gasteiger partial charge in [0.25, 0.3) is 0 Å². The lowest BCUT2D eigenvalue weighted by Gasteiger charge is -2.10. The van der Waals surface area contributed by atoms with Gasteiger partial charge in [-0.05, 0) is 18.2 Å². The Kier molecular flexibility index (Phi) is 5.51. The van der Waals surface area contributed by atoms with Gasteiger partial charge >= 0.3 is 0 Å². The summed E-state index contributed by atoms with van der Waals surface area (Å²) in [4.78, 5) is 41.6. The number of hydrogen-bond acceptors (Lipinski definition) is 5. The molecular weight excluding hydrogens is 274 g/mol. The molecule has 1 aromatic rings. The molecular formula is C13H13N5O3. The van der Waals surface area contributed by atoms with Crippen LogP contribution in [0, 0.1) is 0 Å². The third-order valence-electron chi connectivity index (χ3n) is 2.08. The molecule has 3 N–H and O–H groups in total. The zero-order chi connectivity index (χ0) is 15.8. The van der Waals surface area contributed by atoms with Gasteiger partial charge in [-0.2, -0.15) is 4.98 Å². The predicted octanol–water partition coefficient (Wildman–Crippen LogP) is 0.850. The number of anilines is 3. The first-order valence-electron chi connectivity index (χ1n) is 5.67. The topological polar surface area (TPSA) is 113 Å². The Morgan fingerprint density at radius 1 is 0.905 bits per heavy atom. The monoisotopic (exact) mass is 287 g/mol. The molecule has 0 radical (unpaired) electrons. The maximum Gasteiger partial charge on any atom is 0.250 e. The van der Waals surface area contributed by atoms with E-state index < -0.39 is 17.7 Å². The molecule has 0 aliphatic heterocycles. The van der Waals surface area contributed by atoms with Gasteiger partial charge in [-0.1, -0.05) is 19.7 Å². The van der Waals surface area contributed by atoms with Crippen molar-refractivity contribution in [3.8, 4) is 0 Å². The van der Waals surface area contributed by atoms with Gasteiger partial charge in [0.15, 0.2) is 5.82 Å². The van der Waals surface area contributed by atoms with Crippen LogP contribution in [-0.2, 0) is 14.4 Å². The van der Waals surface area contributed by atoms with E-state index in [0.717, 1.165) is 18.2 Å². The summed E-state index contributed by atoms with van der Waals surface area (Å²) < 4.78 is 0. The Bertz CT molecular complexity index is 624. The lowest BCUT2D eigenvalue weighted by molar-refractivity contribution is -0.112. The maximum atomic E-state index is 11.4. The molecule has 0 aliphatic rings. The fourth-order valence-electron chi connectivity index (χ4n) is 1.14. The SMILES string of the molecule is C=CC(=O)Nc1ncc(NC(=O)C=C)c(NC(=O)C=C)n1. The first-order valence-corrected chi connectivity index (χ1v) is 5.67. The molecule has 0 saturated heterocycles. The van der Waals surface area contributed by atoms with E-state index in [1.54, 1.807) is 0 Å². The zero-order valence-corrected chi connectivity index (χ0v) is 11.0. The van der Waals surface area contributed by atoms with Crippen LogP contribution in [-0.4, -0.2) is 27.7 Å². The standard InChI is InChI=1S/C13H13N5O3/c1-4-9(19)15-8-7-14-13(17-11(21)6-3)18-12(8)16-10(20)5-2/h4-7H,1-3H2,(H,15,19)(H2,14,16,17,18,20,21). The van der Waals surface area contributed by atoms with Crippen LogP contribution in [0.25, 0.3) is 0 Å². The van der Waals surface area contributed by atoms with E-state index in [1.807, 2.05) is 0 Å². The van der Waals surface area contributed by atoms with E-state index in [4.69, 9.17) is 0 Å². The first-order chi connectivity index (χ1) is 9.99. The molecule has 0 aliphatic carbocycles. The number of carbonyl (C=O) groups is 3. The van der Waals surface area contributed by atoms with Gasteiger partial charge in [-0.15, -0.1) is 0 Å². The van der Waals surface area contributed by atoms with Crippen molar-refractivity contribution in [3.05, 3.63) is 44.2 Å². The molecule has 1 heterocycles. The second-order valence-electron chi connectivity index (χ2n) is 3.54. The second-order valence-corrected chi connectivity index (χ2v) is 3.54. The van der Waals surface area contributed by atoms with Gasteiger partial charge < -0.3 is 10.6 Å². The smallest absolute Gasteiger partial charge is 0.250 e. The Labute approximate surface area is 120 Å². The number of amides is 3. The summed E-state index contributed by atoms with van der Waals surface area (Å²) in [6.07, 6.45) is 4.35. The molecule has 3 amide bonds. The number of aromatic nitrogens is 2. The average Bonchev–Trinajstić information content (AvgIpc) is 2.49. The molecule has 0 unspecified atom stereocenters. The highest BCUT2D eigenvalue weighted by atomic mass is 16.2. The Morgan fingerprint density at radius 2 is 1.43 bits per heavy atom. The highest BCUT2D eigenvalue weighted by Crippen LogP contribution is 2.19. The van der Waals surface area contributed by atoms with Crippen molar-refractivity contribution in [1.29, 1.82) is 0 Å². The zero-order valence-electron chi connectivity index (χ0n) is 11.0. The lowest BCUT2D eigenvalue weighted by atomic mass is 10.4. The molecule has 0 bridgehead atoms. The number of carbonyl (C=O) groups excluding carboxylic acids is 3. The minimum Gasteiger partial charge on any atom is -0.318 e. The minimum atomic E-state index is -0.538. The van der Waals surface area contributed by atoms with E-state index in [1.165, 1.54) is 6.20 Å². The quantitative estimate of drug-likeness (QED) is 0.671. The van der Waals surface area contributed by atoms with Crippen LogP contribution in [0.4, 0.5) is 17.5 Å². The van der Waals surface area contributed by atoms with Crippen molar-refractivity contribution >= 4 is 35.2 Å². The number of nitrogens with one attached hydrogen (secondary N) is 3. The van der Waals surface area contributed by atoms with E-state index in [2.05, 4.69) is 45.7 Å². The van der Waals surface area contributed by atoms with Crippen LogP contribution < -0.4 is 16.0 Å². The fourth-order valence-corrected chi connectivity index (χ4v) is 1.14. The largest absolute Gasteiger partial charge is 0.318 e. The Morgan fingerprint density at radius 3 is 2.00 bits per heavy atom. The third-order valence-corrected chi connectivity index (χ3v) is 2.08. The summed E-state index contributed by atoms with van der Waals surface area (Å²) in [7, 11) is 0. The molecule has 0 saturated carbocycles. The predicted molar refractivity (Wildman–Crippen MR) is 78.5 cm³/mol. The van der Waals surface area contributed by atoms with Crippen molar-refractivity contribution < 1.29 is 14.4 Å². The van der Waals surface area contributed by atoms with Crippen molar-refractivity contribution in [1.82, 2.24) is 9.97 Å². The normalized spacial score (nSPS) is 9.14. The van der Waals surface area contributed by atoms with E-state index >= 15 is 0 Å².